The van der Waals surface area contributed by atoms with Crippen molar-refractivity contribution in [3.63, 3.8) is 0 Å². The minimum atomic E-state index is -1.05. The molecule has 1 aromatic carbocycles. The van der Waals surface area contributed by atoms with Gasteiger partial charge in [-0.2, -0.15) is 0 Å². The number of carbonyl (C=O) groups excluding carboxylic acids is 2. The van der Waals surface area contributed by atoms with Gasteiger partial charge in [-0.05, 0) is 36.6 Å². The summed E-state index contributed by atoms with van der Waals surface area (Å²) in [6.07, 6.45) is 2.52. The first-order valence-electron chi connectivity index (χ1n) is 8.49. The van der Waals surface area contributed by atoms with Crippen molar-refractivity contribution >= 4 is 17.5 Å². The van der Waals surface area contributed by atoms with Crippen LogP contribution < -0.4 is 10.5 Å². The second-order valence-corrected chi connectivity index (χ2v) is 6.60. The summed E-state index contributed by atoms with van der Waals surface area (Å²) >= 11 is 0. The molecule has 27 heavy (non-hydrogen) atoms. The van der Waals surface area contributed by atoms with E-state index in [9.17, 15) is 23.2 Å². The van der Waals surface area contributed by atoms with E-state index in [0.29, 0.717) is 24.9 Å². The number of fused-ring (bicyclic) bond motifs is 1. The summed E-state index contributed by atoms with van der Waals surface area (Å²) < 4.78 is 28.3. The van der Waals surface area contributed by atoms with Gasteiger partial charge in [-0.3, -0.25) is 14.4 Å². The summed E-state index contributed by atoms with van der Waals surface area (Å²) in [4.78, 5) is 40.1. The zero-order valence-electron chi connectivity index (χ0n) is 15.0. The minimum absolute atomic E-state index is 0.123. The summed E-state index contributed by atoms with van der Waals surface area (Å²) in [5, 5.41) is 0. The van der Waals surface area contributed by atoms with Gasteiger partial charge in [-0.1, -0.05) is 0 Å². The number of halogens is 2. The maximum Gasteiger partial charge on any atom is 0.263 e. The van der Waals surface area contributed by atoms with Crippen molar-refractivity contribution in [2.75, 3.05) is 25.5 Å². The summed E-state index contributed by atoms with van der Waals surface area (Å²) in [6, 6.07) is 4.95. The molecule has 142 valence electrons. The Kier molecular flexibility index (Phi) is 5.07. The van der Waals surface area contributed by atoms with E-state index in [0.717, 1.165) is 16.7 Å². The van der Waals surface area contributed by atoms with E-state index in [2.05, 4.69) is 0 Å². The normalized spacial score (nSPS) is 13.3. The zero-order valence-corrected chi connectivity index (χ0v) is 15.0. The molecule has 0 bridgehead atoms. The van der Waals surface area contributed by atoms with Crippen LogP contribution in [0, 0.1) is 11.6 Å². The Balaban J connectivity index is 1.98. The Morgan fingerprint density at radius 3 is 2.59 bits per heavy atom. The van der Waals surface area contributed by atoms with Crippen molar-refractivity contribution in [2.45, 2.75) is 19.4 Å². The number of carbonyl (C=O) groups is 2. The lowest BCUT2D eigenvalue weighted by Crippen LogP contribution is -2.40. The molecule has 1 aliphatic heterocycles. The second kappa shape index (κ2) is 7.30. The van der Waals surface area contributed by atoms with E-state index < -0.39 is 23.1 Å². The maximum absolute atomic E-state index is 13.7. The molecule has 0 saturated heterocycles. The third-order valence-corrected chi connectivity index (χ3v) is 4.54. The molecule has 0 unspecified atom stereocenters. The molecule has 0 saturated carbocycles. The molecule has 2 heterocycles. The summed E-state index contributed by atoms with van der Waals surface area (Å²) in [5.74, 6) is -2.90. The molecule has 0 radical (unpaired) electrons. The lowest BCUT2D eigenvalue weighted by Gasteiger charge is -2.29. The number of aromatic nitrogens is 1. The SMILES string of the molecule is CN(C)C(=O)Cn1cccc(C(=O)N2CCCc3cc(F)c(F)cc32)c1=O. The highest BCUT2D eigenvalue weighted by atomic mass is 19.2. The largest absolute Gasteiger partial charge is 0.347 e. The second-order valence-electron chi connectivity index (χ2n) is 6.60. The Bertz CT molecular complexity index is 969. The molecule has 3 rings (SSSR count). The number of rotatable bonds is 3. The fourth-order valence-corrected chi connectivity index (χ4v) is 3.04. The molecule has 1 aliphatic rings. The molecule has 0 fully saturated rings. The summed E-state index contributed by atoms with van der Waals surface area (Å²) in [5.41, 5.74) is 0.0610. The molecule has 0 N–H and O–H groups in total. The van der Waals surface area contributed by atoms with Crippen molar-refractivity contribution in [3.05, 3.63) is 63.6 Å². The fourth-order valence-electron chi connectivity index (χ4n) is 3.04. The van der Waals surface area contributed by atoms with E-state index in [-0.39, 0.29) is 23.7 Å². The molecule has 6 nitrogen and oxygen atoms in total. The molecule has 0 atom stereocenters. The number of hydrogen-bond donors (Lipinski definition) is 0. The summed E-state index contributed by atoms with van der Waals surface area (Å²) in [6.45, 7) is 0.102. The molecule has 2 amide bonds. The monoisotopic (exact) mass is 375 g/mol. The van der Waals surface area contributed by atoms with Crippen LogP contribution in [0.4, 0.5) is 14.5 Å². The van der Waals surface area contributed by atoms with E-state index >= 15 is 0 Å². The van der Waals surface area contributed by atoms with Crippen molar-refractivity contribution in [1.29, 1.82) is 0 Å². The molecule has 8 heteroatoms. The van der Waals surface area contributed by atoms with Gasteiger partial charge < -0.3 is 14.4 Å². The van der Waals surface area contributed by atoms with Gasteiger partial charge >= 0.3 is 0 Å². The number of likely N-dealkylation sites (N-methyl/N-ethyl adjacent to an activating group) is 1. The first-order valence-corrected chi connectivity index (χ1v) is 8.49. The van der Waals surface area contributed by atoms with Gasteiger partial charge in [0.05, 0.1) is 5.69 Å². The number of nitrogens with zero attached hydrogens (tertiary/aromatic N) is 3. The van der Waals surface area contributed by atoms with Crippen molar-refractivity contribution in [2.24, 2.45) is 0 Å². The maximum atomic E-state index is 13.7. The Hall–Kier alpha value is -3.03. The number of hydrogen-bond acceptors (Lipinski definition) is 3. The Morgan fingerprint density at radius 2 is 1.89 bits per heavy atom. The summed E-state index contributed by atoms with van der Waals surface area (Å²) in [7, 11) is 3.14. The van der Waals surface area contributed by atoms with Gasteiger partial charge in [0.2, 0.25) is 5.91 Å². The van der Waals surface area contributed by atoms with Gasteiger partial charge in [0.1, 0.15) is 12.1 Å². The lowest BCUT2D eigenvalue weighted by atomic mass is 10.0. The highest BCUT2D eigenvalue weighted by Gasteiger charge is 2.27. The average Bonchev–Trinajstić information content (AvgIpc) is 2.63. The zero-order chi connectivity index (χ0) is 19.7. The number of aryl methyl sites for hydroxylation is 1. The molecule has 0 aliphatic carbocycles. The predicted molar refractivity (Wildman–Crippen MR) is 95.8 cm³/mol. The van der Waals surface area contributed by atoms with Crippen LogP contribution in [-0.2, 0) is 17.8 Å². The van der Waals surface area contributed by atoms with Gasteiger partial charge in [0, 0.05) is 32.9 Å². The van der Waals surface area contributed by atoms with Gasteiger partial charge in [0.25, 0.3) is 11.5 Å². The Morgan fingerprint density at radius 1 is 1.19 bits per heavy atom. The predicted octanol–water partition coefficient (Wildman–Crippen LogP) is 1.81. The number of amides is 2. The fraction of sp³-hybridized carbons (Fsp3) is 0.316. The van der Waals surface area contributed by atoms with Gasteiger partial charge in [-0.15, -0.1) is 0 Å². The van der Waals surface area contributed by atoms with E-state index in [4.69, 9.17) is 0 Å². The molecule has 2 aromatic rings. The average molecular weight is 375 g/mol. The third kappa shape index (κ3) is 3.60. The van der Waals surface area contributed by atoms with E-state index in [1.165, 1.54) is 28.1 Å². The Labute approximate surface area is 154 Å². The van der Waals surface area contributed by atoms with Crippen molar-refractivity contribution in [3.8, 4) is 0 Å². The highest BCUT2D eigenvalue weighted by Crippen LogP contribution is 2.30. The standard InChI is InChI=1S/C19H19F2N3O3/c1-22(2)17(25)11-23-7-4-6-13(18(23)26)19(27)24-8-3-5-12-9-14(20)15(21)10-16(12)24/h4,6-7,9-10H,3,5,8,11H2,1-2H3. The molecule has 1 aromatic heterocycles. The first-order chi connectivity index (χ1) is 12.8. The first kappa shape index (κ1) is 18.8. The highest BCUT2D eigenvalue weighted by molar-refractivity contribution is 6.06. The van der Waals surface area contributed by atoms with Crippen LogP contribution in [0.2, 0.25) is 0 Å². The van der Waals surface area contributed by atoms with Crippen LogP contribution in [0.25, 0.3) is 0 Å². The van der Waals surface area contributed by atoms with Crippen LogP contribution >= 0.6 is 0 Å². The van der Waals surface area contributed by atoms with Crippen molar-refractivity contribution < 1.29 is 18.4 Å². The number of pyridine rings is 1. The third-order valence-electron chi connectivity index (χ3n) is 4.54. The lowest BCUT2D eigenvalue weighted by molar-refractivity contribution is -0.129. The number of benzene rings is 1. The minimum Gasteiger partial charge on any atom is -0.347 e. The van der Waals surface area contributed by atoms with Crippen LogP contribution in [0.3, 0.4) is 0 Å². The quantitative estimate of drug-likeness (QED) is 0.822. The molecular weight excluding hydrogens is 356 g/mol. The van der Waals surface area contributed by atoms with Crippen LogP contribution in [0.5, 0.6) is 0 Å². The van der Waals surface area contributed by atoms with Crippen molar-refractivity contribution in [1.82, 2.24) is 9.47 Å². The van der Waals surface area contributed by atoms with Gasteiger partial charge in [-0.25, -0.2) is 8.78 Å². The van der Waals surface area contributed by atoms with Crippen LogP contribution in [0.1, 0.15) is 22.3 Å². The van der Waals surface area contributed by atoms with E-state index in [1.807, 2.05) is 0 Å². The van der Waals surface area contributed by atoms with Crippen LogP contribution in [0.15, 0.2) is 35.3 Å². The van der Waals surface area contributed by atoms with E-state index in [1.54, 1.807) is 14.1 Å². The smallest absolute Gasteiger partial charge is 0.263 e. The van der Waals surface area contributed by atoms with Crippen LogP contribution in [-0.4, -0.2) is 41.9 Å². The topological polar surface area (TPSA) is 62.6 Å². The van der Waals surface area contributed by atoms with Gasteiger partial charge in [0.15, 0.2) is 11.6 Å². The number of anilines is 1. The molecule has 0 spiro atoms. The molecular formula is C19H19F2N3O3.